The van der Waals surface area contributed by atoms with E-state index in [0.717, 1.165) is 0 Å². The number of hydrogen-bond acceptors (Lipinski definition) is 3. The largest absolute Gasteiger partial charge is 0.314 e. The van der Waals surface area contributed by atoms with Crippen molar-refractivity contribution in [3.63, 3.8) is 0 Å². The van der Waals surface area contributed by atoms with Crippen LogP contribution in [0.1, 0.15) is 73.4 Å². The number of thioether (sulfide) groups is 1. The van der Waals surface area contributed by atoms with Crippen LogP contribution in [0.25, 0.3) is 0 Å². The van der Waals surface area contributed by atoms with Crippen molar-refractivity contribution in [3.05, 3.63) is 53.6 Å². The maximum Gasteiger partial charge on any atom is 0.0608 e. The van der Waals surface area contributed by atoms with Crippen LogP contribution in [0, 0.1) is 0 Å². The zero-order valence-electron chi connectivity index (χ0n) is 19.3. The second kappa shape index (κ2) is 8.36. The molecular weight excluding hydrogens is 378 g/mol. The van der Waals surface area contributed by atoms with E-state index in [2.05, 4.69) is 116 Å². The van der Waals surface area contributed by atoms with Crippen molar-refractivity contribution in [3.8, 4) is 0 Å². The normalized spacial score (nSPS) is 12.9. The van der Waals surface area contributed by atoms with Gasteiger partial charge in [-0.05, 0) is 58.2 Å². The standard InChI is InChI=1S/C25H37NS2/c1-23(2,3)18-11-14-20(15-12-18)28-26(10)21-17-19(24(4,5)6)13-16-22(21)27-25(7,8)9/h11-17H,1-10H3. The van der Waals surface area contributed by atoms with E-state index in [-0.39, 0.29) is 15.6 Å². The molecule has 0 aromatic heterocycles. The second-order valence-electron chi connectivity index (χ2n) is 10.5. The van der Waals surface area contributed by atoms with Crippen molar-refractivity contribution in [1.82, 2.24) is 0 Å². The predicted molar refractivity (Wildman–Crippen MR) is 130 cm³/mol. The fourth-order valence-corrected chi connectivity index (χ4v) is 4.85. The summed E-state index contributed by atoms with van der Waals surface area (Å²) in [6, 6.07) is 15.9. The van der Waals surface area contributed by atoms with Gasteiger partial charge in [-0.3, -0.25) is 0 Å². The van der Waals surface area contributed by atoms with Gasteiger partial charge in [0.15, 0.2) is 0 Å². The van der Waals surface area contributed by atoms with Gasteiger partial charge in [-0.1, -0.05) is 80.5 Å². The molecule has 154 valence electrons. The highest BCUT2D eigenvalue weighted by atomic mass is 32.2. The highest BCUT2D eigenvalue weighted by molar-refractivity contribution is 8.01. The van der Waals surface area contributed by atoms with Crippen molar-refractivity contribution in [2.24, 2.45) is 0 Å². The molecule has 0 fully saturated rings. The average molecular weight is 416 g/mol. The molecule has 28 heavy (non-hydrogen) atoms. The lowest BCUT2D eigenvalue weighted by atomic mass is 9.87. The van der Waals surface area contributed by atoms with Gasteiger partial charge in [-0.25, -0.2) is 0 Å². The van der Waals surface area contributed by atoms with Crippen molar-refractivity contribution in [1.29, 1.82) is 0 Å². The Morgan fingerprint density at radius 2 is 1.18 bits per heavy atom. The minimum Gasteiger partial charge on any atom is -0.314 e. The van der Waals surface area contributed by atoms with Gasteiger partial charge in [0.25, 0.3) is 0 Å². The minimum absolute atomic E-state index is 0.138. The lowest BCUT2D eigenvalue weighted by Gasteiger charge is -2.28. The molecule has 0 N–H and O–H groups in total. The van der Waals surface area contributed by atoms with Crippen molar-refractivity contribution in [2.75, 3.05) is 11.4 Å². The molecule has 0 aliphatic heterocycles. The van der Waals surface area contributed by atoms with Crippen LogP contribution in [-0.4, -0.2) is 11.8 Å². The van der Waals surface area contributed by atoms with Gasteiger partial charge in [-0.15, -0.1) is 11.8 Å². The average Bonchev–Trinajstić information content (AvgIpc) is 2.52. The summed E-state index contributed by atoms with van der Waals surface area (Å²) >= 11 is 3.73. The van der Waals surface area contributed by atoms with Gasteiger partial charge in [-0.2, -0.15) is 0 Å². The lowest BCUT2D eigenvalue weighted by molar-refractivity contribution is 0.589. The molecule has 2 aromatic carbocycles. The minimum atomic E-state index is 0.138. The van der Waals surface area contributed by atoms with Crippen LogP contribution in [0.5, 0.6) is 0 Å². The van der Waals surface area contributed by atoms with Gasteiger partial charge in [0.2, 0.25) is 0 Å². The third-order valence-corrected chi connectivity index (χ3v) is 6.67. The van der Waals surface area contributed by atoms with Crippen molar-refractivity contribution < 1.29 is 0 Å². The summed E-state index contributed by atoms with van der Waals surface area (Å²) in [6.07, 6.45) is 0. The van der Waals surface area contributed by atoms with E-state index in [9.17, 15) is 0 Å². The van der Waals surface area contributed by atoms with E-state index >= 15 is 0 Å². The van der Waals surface area contributed by atoms with E-state index < -0.39 is 0 Å². The first-order valence-corrected chi connectivity index (χ1v) is 11.6. The molecule has 0 saturated carbocycles. The fourth-order valence-electron chi connectivity index (χ4n) is 2.87. The summed E-state index contributed by atoms with van der Waals surface area (Å²) in [5, 5.41) is 0. The van der Waals surface area contributed by atoms with E-state index in [1.165, 1.54) is 26.6 Å². The topological polar surface area (TPSA) is 3.24 Å². The van der Waals surface area contributed by atoms with E-state index in [1.54, 1.807) is 11.9 Å². The van der Waals surface area contributed by atoms with Gasteiger partial charge in [0.05, 0.1) is 5.69 Å². The summed E-state index contributed by atoms with van der Waals surface area (Å²) in [4.78, 5) is 2.60. The van der Waals surface area contributed by atoms with Crippen LogP contribution in [0.15, 0.2) is 52.3 Å². The summed E-state index contributed by atoms with van der Waals surface area (Å²) < 4.78 is 2.49. The quantitative estimate of drug-likeness (QED) is 0.365. The van der Waals surface area contributed by atoms with Crippen LogP contribution in [0.3, 0.4) is 0 Å². The Morgan fingerprint density at radius 3 is 1.64 bits per heavy atom. The van der Waals surface area contributed by atoms with Gasteiger partial charge >= 0.3 is 0 Å². The molecular formula is C25H37NS2. The highest BCUT2D eigenvalue weighted by Crippen LogP contribution is 2.42. The Hall–Kier alpha value is -1.06. The Morgan fingerprint density at radius 1 is 0.679 bits per heavy atom. The maximum absolute atomic E-state index is 2.37. The van der Waals surface area contributed by atoms with E-state index in [0.29, 0.717) is 0 Å². The molecule has 0 radical (unpaired) electrons. The predicted octanol–water partition coefficient (Wildman–Crippen LogP) is 8.32. The van der Waals surface area contributed by atoms with Crippen LogP contribution >= 0.6 is 23.7 Å². The fraction of sp³-hybridized carbons (Fsp3) is 0.520. The summed E-state index contributed by atoms with van der Waals surface area (Å²) in [5.41, 5.74) is 4.36. The molecule has 2 rings (SSSR count). The molecule has 0 unspecified atom stereocenters. The number of hydrogen-bond donors (Lipinski definition) is 0. The highest BCUT2D eigenvalue weighted by Gasteiger charge is 2.21. The maximum atomic E-state index is 2.37. The monoisotopic (exact) mass is 415 g/mol. The Labute approximate surface area is 181 Å². The van der Waals surface area contributed by atoms with E-state index in [1.807, 2.05) is 11.8 Å². The molecule has 2 aromatic rings. The molecule has 0 heterocycles. The molecule has 1 nitrogen and oxygen atoms in total. The van der Waals surface area contributed by atoms with Crippen molar-refractivity contribution >= 4 is 29.4 Å². The number of rotatable bonds is 4. The van der Waals surface area contributed by atoms with Gasteiger partial charge < -0.3 is 4.31 Å². The Kier molecular flexibility index (Phi) is 6.93. The van der Waals surface area contributed by atoms with Crippen LogP contribution < -0.4 is 4.31 Å². The SMILES string of the molecule is CN(Sc1ccc(C(C)(C)C)cc1)c1cc(C(C)(C)C)ccc1SC(C)(C)C. The molecule has 0 atom stereocenters. The summed E-state index contributed by atoms with van der Waals surface area (Å²) in [7, 11) is 2.18. The summed E-state index contributed by atoms with van der Waals surface area (Å²) in [5.74, 6) is 0. The summed E-state index contributed by atoms with van der Waals surface area (Å²) in [6.45, 7) is 20.4. The number of nitrogens with zero attached hydrogens (tertiary/aromatic N) is 1. The zero-order valence-corrected chi connectivity index (χ0v) is 20.9. The number of anilines is 1. The molecule has 3 heteroatoms. The van der Waals surface area contributed by atoms with Crippen molar-refractivity contribution in [2.45, 2.75) is 87.7 Å². The Balaban J connectivity index is 2.34. The molecule has 0 bridgehead atoms. The van der Waals surface area contributed by atoms with Gasteiger partial charge in [0, 0.05) is 21.6 Å². The molecule has 0 aliphatic rings. The Bertz CT molecular complexity index is 787. The lowest BCUT2D eigenvalue weighted by Crippen LogP contribution is -2.15. The first kappa shape index (κ1) is 23.2. The third kappa shape index (κ3) is 6.49. The van der Waals surface area contributed by atoms with Crippen LogP contribution in [0.4, 0.5) is 5.69 Å². The smallest absolute Gasteiger partial charge is 0.0608 e. The molecule has 0 amide bonds. The van der Waals surface area contributed by atoms with Crippen LogP contribution in [-0.2, 0) is 10.8 Å². The molecule has 0 saturated heterocycles. The number of benzene rings is 2. The van der Waals surface area contributed by atoms with Gasteiger partial charge in [0.1, 0.15) is 0 Å². The second-order valence-corrected chi connectivity index (χ2v) is 13.6. The molecule has 0 aliphatic carbocycles. The van der Waals surface area contributed by atoms with Crippen LogP contribution in [0.2, 0.25) is 0 Å². The zero-order chi connectivity index (χ0) is 21.3. The van der Waals surface area contributed by atoms with E-state index in [4.69, 9.17) is 0 Å². The first-order chi connectivity index (χ1) is 12.7. The third-order valence-electron chi connectivity index (χ3n) is 4.54. The first-order valence-electron chi connectivity index (χ1n) is 10.0. The molecule has 0 spiro atoms.